The maximum absolute atomic E-state index is 13.5. The summed E-state index contributed by atoms with van der Waals surface area (Å²) in [5.74, 6) is 2.22. The molecule has 2 aliphatic heterocycles. The molecule has 7 nitrogen and oxygen atoms in total. The van der Waals surface area contributed by atoms with Gasteiger partial charge in [0.05, 0.1) is 23.2 Å². The molecule has 2 bridgehead atoms. The van der Waals surface area contributed by atoms with E-state index < -0.39 is 5.41 Å². The van der Waals surface area contributed by atoms with Gasteiger partial charge < -0.3 is 14.3 Å². The fourth-order valence-corrected chi connectivity index (χ4v) is 4.87. The van der Waals surface area contributed by atoms with E-state index in [1.807, 2.05) is 27.7 Å². The average Bonchev–Trinajstić information content (AvgIpc) is 3.35. The zero-order chi connectivity index (χ0) is 20.2. The second kappa shape index (κ2) is 6.57. The summed E-state index contributed by atoms with van der Waals surface area (Å²) in [6.45, 7) is 13.6. The van der Waals surface area contributed by atoms with Crippen molar-refractivity contribution in [2.75, 3.05) is 18.0 Å². The molecule has 2 aromatic rings. The first-order valence-electron chi connectivity index (χ1n) is 10.0. The topological polar surface area (TPSA) is 75.4 Å². The van der Waals surface area contributed by atoms with Crippen LogP contribution in [0, 0.1) is 13.8 Å². The summed E-state index contributed by atoms with van der Waals surface area (Å²) in [5, 5.41) is 4.05. The normalized spacial score (nSPS) is 21.8. The summed E-state index contributed by atoms with van der Waals surface area (Å²) >= 11 is 0. The number of carbonyl (C=O) groups is 1. The largest absolute Gasteiger partial charge is 0.361 e. The van der Waals surface area contributed by atoms with Crippen molar-refractivity contribution < 1.29 is 9.32 Å². The number of aromatic nitrogens is 3. The number of likely N-dealkylation sites (tertiary alicyclic amines) is 1. The van der Waals surface area contributed by atoms with E-state index in [1.54, 1.807) is 6.33 Å². The van der Waals surface area contributed by atoms with E-state index in [1.165, 1.54) is 0 Å². The van der Waals surface area contributed by atoms with E-state index in [0.717, 1.165) is 48.0 Å². The highest BCUT2D eigenvalue weighted by atomic mass is 16.5. The lowest BCUT2D eigenvalue weighted by Gasteiger charge is -2.38. The molecule has 0 aromatic carbocycles. The molecule has 4 heterocycles. The van der Waals surface area contributed by atoms with Gasteiger partial charge in [-0.15, -0.1) is 0 Å². The van der Waals surface area contributed by atoms with Crippen LogP contribution < -0.4 is 4.90 Å². The minimum atomic E-state index is -0.650. The summed E-state index contributed by atoms with van der Waals surface area (Å²) < 4.78 is 5.32. The lowest BCUT2D eigenvalue weighted by atomic mass is 9.81. The lowest BCUT2D eigenvalue weighted by molar-refractivity contribution is -0.137. The number of hydrogen-bond donors (Lipinski definition) is 0. The van der Waals surface area contributed by atoms with Gasteiger partial charge in [-0.2, -0.15) is 0 Å². The molecule has 2 aliphatic rings. The zero-order valence-corrected chi connectivity index (χ0v) is 17.6. The SMILES string of the molecule is Cc1noc(C)c1C(C)(C)C(=O)N1C[C@@H]2C[C@H]1CN2c1cc(C(C)C)ncn1. The predicted octanol–water partition coefficient (Wildman–Crippen LogP) is 2.97. The van der Waals surface area contributed by atoms with Crippen molar-refractivity contribution >= 4 is 11.7 Å². The maximum atomic E-state index is 13.5. The van der Waals surface area contributed by atoms with Crippen molar-refractivity contribution in [1.29, 1.82) is 0 Å². The van der Waals surface area contributed by atoms with Crippen molar-refractivity contribution in [3.05, 3.63) is 35.1 Å². The first kappa shape index (κ1) is 18.9. The molecule has 150 valence electrons. The summed E-state index contributed by atoms with van der Waals surface area (Å²) in [7, 11) is 0. The number of piperazine rings is 1. The van der Waals surface area contributed by atoms with Gasteiger partial charge in [-0.05, 0) is 40.0 Å². The van der Waals surface area contributed by atoms with Crippen molar-refractivity contribution in [2.24, 2.45) is 0 Å². The van der Waals surface area contributed by atoms with Crippen LogP contribution >= 0.6 is 0 Å². The van der Waals surface area contributed by atoms with E-state index in [0.29, 0.717) is 12.0 Å². The van der Waals surface area contributed by atoms with E-state index in [-0.39, 0.29) is 11.9 Å². The Labute approximate surface area is 166 Å². The van der Waals surface area contributed by atoms with Crippen LogP contribution in [0.1, 0.15) is 62.7 Å². The third-order valence-corrected chi connectivity index (χ3v) is 6.25. The molecule has 28 heavy (non-hydrogen) atoms. The Morgan fingerprint density at radius 3 is 2.54 bits per heavy atom. The lowest BCUT2D eigenvalue weighted by Crippen LogP contribution is -2.53. The third-order valence-electron chi connectivity index (χ3n) is 6.25. The summed E-state index contributed by atoms with van der Waals surface area (Å²) in [4.78, 5) is 26.7. The smallest absolute Gasteiger partial charge is 0.233 e. The molecule has 0 aliphatic carbocycles. The van der Waals surface area contributed by atoms with Crippen LogP contribution in [-0.4, -0.2) is 51.1 Å². The number of amides is 1. The Morgan fingerprint density at radius 2 is 1.96 bits per heavy atom. The maximum Gasteiger partial charge on any atom is 0.233 e. The Morgan fingerprint density at radius 1 is 1.21 bits per heavy atom. The molecule has 0 radical (unpaired) electrons. The number of fused-ring (bicyclic) bond motifs is 2. The van der Waals surface area contributed by atoms with Crippen molar-refractivity contribution in [3.8, 4) is 0 Å². The third kappa shape index (κ3) is 2.88. The summed E-state index contributed by atoms with van der Waals surface area (Å²) in [5.41, 5.74) is 2.11. The van der Waals surface area contributed by atoms with E-state index >= 15 is 0 Å². The molecule has 2 atom stereocenters. The van der Waals surface area contributed by atoms with Crippen LogP contribution in [0.3, 0.4) is 0 Å². The number of nitrogens with zero attached hydrogens (tertiary/aromatic N) is 5. The fraction of sp³-hybridized carbons (Fsp3) is 0.619. The van der Waals surface area contributed by atoms with Gasteiger partial charge in [0, 0.05) is 30.4 Å². The molecule has 4 rings (SSSR count). The van der Waals surface area contributed by atoms with Crippen LogP contribution in [0.2, 0.25) is 0 Å². The summed E-state index contributed by atoms with van der Waals surface area (Å²) in [6, 6.07) is 2.62. The monoisotopic (exact) mass is 383 g/mol. The second-order valence-electron chi connectivity index (χ2n) is 8.93. The van der Waals surface area contributed by atoms with Crippen molar-refractivity contribution in [3.63, 3.8) is 0 Å². The van der Waals surface area contributed by atoms with Gasteiger partial charge in [0.15, 0.2) is 0 Å². The van der Waals surface area contributed by atoms with Crippen LogP contribution in [0.4, 0.5) is 5.82 Å². The van der Waals surface area contributed by atoms with Crippen molar-refractivity contribution in [1.82, 2.24) is 20.0 Å². The van der Waals surface area contributed by atoms with Gasteiger partial charge in [-0.3, -0.25) is 4.79 Å². The average molecular weight is 383 g/mol. The molecule has 0 N–H and O–H groups in total. The molecule has 0 unspecified atom stereocenters. The van der Waals surface area contributed by atoms with Crippen molar-refractivity contribution in [2.45, 2.75) is 71.4 Å². The van der Waals surface area contributed by atoms with Gasteiger partial charge in [-0.1, -0.05) is 19.0 Å². The number of hydrogen-bond acceptors (Lipinski definition) is 6. The molecule has 7 heteroatoms. The Kier molecular flexibility index (Phi) is 4.43. The Bertz CT molecular complexity index is 884. The van der Waals surface area contributed by atoms with E-state index in [4.69, 9.17) is 4.52 Å². The van der Waals surface area contributed by atoms with E-state index in [2.05, 4.69) is 44.8 Å². The van der Waals surface area contributed by atoms with E-state index in [9.17, 15) is 4.79 Å². The number of aryl methyl sites for hydroxylation is 2. The van der Waals surface area contributed by atoms with Gasteiger partial charge >= 0.3 is 0 Å². The van der Waals surface area contributed by atoms with Gasteiger partial charge in [0.1, 0.15) is 17.9 Å². The number of carbonyl (C=O) groups excluding carboxylic acids is 1. The Hall–Kier alpha value is -2.44. The Balaban J connectivity index is 1.53. The predicted molar refractivity (Wildman–Crippen MR) is 106 cm³/mol. The molecular weight excluding hydrogens is 354 g/mol. The van der Waals surface area contributed by atoms with Crippen LogP contribution in [0.5, 0.6) is 0 Å². The van der Waals surface area contributed by atoms with Gasteiger partial charge in [0.2, 0.25) is 5.91 Å². The molecule has 0 saturated carbocycles. The zero-order valence-electron chi connectivity index (χ0n) is 17.6. The van der Waals surface area contributed by atoms with Crippen LogP contribution in [0.15, 0.2) is 16.9 Å². The molecule has 1 amide bonds. The highest BCUT2D eigenvalue weighted by molar-refractivity contribution is 5.89. The fourth-order valence-electron chi connectivity index (χ4n) is 4.87. The quantitative estimate of drug-likeness (QED) is 0.808. The molecule has 2 saturated heterocycles. The van der Waals surface area contributed by atoms with Gasteiger partial charge in [-0.25, -0.2) is 9.97 Å². The van der Waals surface area contributed by atoms with Crippen LogP contribution in [-0.2, 0) is 10.2 Å². The first-order valence-corrected chi connectivity index (χ1v) is 10.0. The molecular formula is C21H29N5O2. The highest BCUT2D eigenvalue weighted by Gasteiger charge is 2.49. The second-order valence-corrected chi connectivity index (χ2v) is 8.93. The molecule has 0 spiro atoms. The highest BCUT2D eigenvalue weighted by Crippen LogP contribution is 2.38. The number of anilines is 1. The summed E-state index contributed by atoms with van der Waals surface area (Å²) in [6.07, 6.45) is 2.64. The number of rotatable bonds is 4. The molecule has 2 aromatic heterocycles. The van der Waals surface area contributed by atoms with Crippen LogP contribution in [0.25, 0.3) is 0 Å². The minimum Gasteiger partial charge on any atom is -0.361 e. The molecule has 2 fully saturated rings. The first-order chi connectivity index (χ1) is 13.2. The minimum absolute atomic E-state index is 0.152. The van der Waals surface area contributed by atoms with Gasteiger partial charge in [0.25, 0.3) is 0 Å². The standard InChI is InChI=1S/C21H29N5O2/c1-12(2)17-8-18(23-11-22-17)25-9-16-7-15(25)10-26(16)20(27)21(5,6)19-13(3)24-28-14(19)4/h8,11-12,15-16H,7,9-10H2,1-6H3/t15-,16-/m0/s1.